The monoisotopic (exact) mass is 129 g/mol. The summed E-state index contributed by atoms with van der Waals surface area (Å²) in [6.07, 6.45) is 3.79. The van der Waals surface area contributed by atoms with E-state index in [2.05, 4.69) is 0 Å². The van der Waals surface area contributed by atoms with Crippen LogP contribution in [0, 0.1) is 5.41 Å². The van der Waals surface area contributed by atoms with Crippen LogP contribution in [0.15, 0.2) is 30.3 Å². The van der Waals surface area contributed by atoms with E-state index in [0.29, 0.717) is 5.71 Å². The summed E-state index contributed by atoms with van der Waals surface area (Å²) in [5.74, 6) is 0. The lowest BCUT2D eigenvalue weighted by Crippen LogP contribution is -1.89. The predicted octanol–water partition coefficient (Wildman–Crippen LogP) is 2.08. The van der Waals surface area contributed by atoms with Crippen LogP contribution in [-0.4, -0.2) is 5.71 Å². The highest BCUT2D eigenvalue weighted by Gasteiger charge is 2.07. The van der Waals surface area contributed by atoms with Crippen LogP contribution in [0.1, 0.15) is 11.1 Å². The molecule has 0 amide bonds. The van der Waals surface area contributed by atoms with Crippen LogP contribution >= 0.6 is 0 Å². The third-order valence-electron chi connectivity index (χ3n) is 1.68. The van der Waals surface area contributed by atoms with E-state index in [9.17, 15) is 0 Å². The number of allylic oxidation sites excluding steroid dienone is 1. The Morgan fingerprint density at radius 3 is 2.60 bits per heavy atom. The van der Waals surface area contributed by atoms with E-state index >= 15 is 0 Å². The Balaban J connectivity index is 2.70. The van der Waals surface area contributed by atoms with Gasteiger partial charge in [0.05, 0.1) is 5.71 Å². The summed E-state index contributed by atoms with van der Waals surface area (Å²) in [4.78, 5) is 0. The fourth-order valence-corrected chi connectivity index (χ4v) is 1.15. The first-order chi connectivity index (χ1) is 4.88. The Morgan fingerprint density at radius 2 is 1.80 bits per heavy atom. The summed E-state index contributed by atoms with van der Waals surface area (Å²) in [5.41, 5.74) is 2.82. The Bertz CT molecular complexity index is 310. The van der Waals surface area contributed by atoms with Gasteiger partial charge in [-0.15, -0.1) is 0 Å². The van der Waals surface area contributed by atoms with Crippen LogP contribution in [0.25, 0.3) is 6.08 Å². The number of hydrogen-bond donors (Lipinski definition) is 1. The molecular formula is C9H7N. The molecule has 0 bridgehead atoms. The van der Waals surface area contributed by atoms with Crippen molar-refractivity contribution in [1.82, 2.24) is 0 Å². The highest BCUT2D eigenvalue weighted by atomic mass is 14.4. The minimum absolute atomic E-state index is 0.621. The average Bonchev–Trinajstić information content (AvgIpc) is 2.34. The fourth-order valence-electron chi connectivity index (χ4n) is 1.15. The van der Waals surface area contributed by atoms with Crippen molar-refractivity contribution < 1.29 is 0 Å². The second-order valence-electron chi connectivity index (χ2n) is 2.33. The smallest absolute Gasteiger partial charge is 0.0618 e. The highest BCUT2D eigenvalue weighted by Crippen LogP contribution is 2.17. The van der Waals surface area contributed by atoms with E-state index in [0.717, 1.165) is 11.1 Å². The lowest BCUT2D eigenvalue weighted by atomic mass is 10.1. The number of fused-ring (bicyclic) bond motifs is 1. The SMILES string of the molecule is N=C1C=Cc2ccccc21. The second kappa shape index (κ2) is 1.81. The molecule has 0 saturated heterocycles. The van der Waals surface area contributed by atoms with E-state index in [4.69, 9.17) is 5.41 Å². The van der Waals surface area contributed by atoms with Crippen molar-refractivity contribution in [3.8, 4) is 0 Å². The first kappa shape index (κ1) is 5.42. The zero-order valence-electron chi connectivity index (χ0n) is 5.46. The van der Waals surface area contributed by atoms with Crippen LogP contribution < -0.4 is 0 Å². The zero-order chi connectivity index (χ0) is 6.97. The minimum atomic E-state index is 0.621. The van der Waals surface area contributed by atoms with Gasteiger partial charge in [0.15, 0.2) is 0 Å². The molecule has 0 atom stereocenters. The molecule has 0 radical (unpaired) electrons. The van der Waals surface area contributed by atoms with Gasteiger partial charge in [0, 0.05) is 5.56 Å². The Labute approximate surface area is 59.5 Å². The van der Waals surface area contributed by atoms with Gasteiger partial charge in [0.25, 0.3) is 0 Å². The van der Waals surface area contributed by atoms with E-state index in [1.165, 1.54) is 0 Å². The van der Waals surface area contributed by atoms with Crippen molar-refractivity contribution in [3.05, 3.63) is 41.5 Å². The first-order valence-electron chi connectivity index (χ1n) is 3.24. The van der Waals surface area contributed by atoms with Crippen molar-refractivity contribution in [1.29, 1.82) is 5.41 Å². The van der Waals surface area contributed by atoms with Gasteiger partial charge in [-0.25, -0.2) is 0 Å². The van der Waals surface area contributed by atoms with Crippen LogP contribution in [0.5, 0.6) is 0 Å². The van der Waals surface area contributed by atoms with Gasteiger partial charge in [0.1, 0.15) is 0 Å². The van der Waals surface area contributed by atoms with Gasteiger partial charge in [-0.1, -0.05) is 30.3 Å². The van der Waals surface area contributed by atoms with Gasteiger partial charge >= 0.3 is 0 Å². The number of hydrogen-bond acceptors (Lipinski definition) is 1. The molecule has 10 heavy (non-hydrogen) atoms. The fraction of sp³-hybridized carbons (Fsp3) is 0. The van der Waals surface area contributed by atoms with Gasteiger partial charge in [-0.2, -0.15) is 0 Å². The molecule has 0 fully saturated rings. The summed E-state index contributed by atoms with van der Waals surface area (Å²) in [5, 5.41) is 7.44. The molecular weight excluding hydrogens is 122 g/mol. The maximum Gasteiger partial charge on any atom is 0.0618 e. The van der Waals surface area contributed by atoms with Crippen LogP contribution in [0.3, 0.4) is 0 Å². The molecule has 0 spiro atoms. The zero-order valence-corrected chi connectivity index (χ0v) is 5.46. The van der Waals surface area contributed by atoms with Crippen LogP contribution in [0.4, 0.5) is 0 Å². The third-order valence-corrected chi connectivity index (χ3v) is 1.68. The summed E-state index contributed by atoms with van der Waals surface area (Å²) in [7, 11) is 0. The topological polar surface area (TPSA) is 23.9 Å². The molecule has 1 aliphatic rings. The van der Waals surface area contributed by atoms with Crippen LogP contribution in [0.2, 0.25) is 0 Å². The lowest BCUT2D eigenvalue weighted by Gasteiger charge is -1.94. The van der Waals surface area contributed by atoms with Crippen LogP contribution in [-0.2, 0) is 0 Å². The number of benzene rings is 1. The van der Waals surface area contributed by atoms with Crippen molar-refractivity contribution in [2.75, 3.05) is 0 Å². The Hall–Kier alpha value is -1.37. The maximum absolute atomic E-state index is 7.44. The number of nitrogens with one attached hydrogen (secondary N) is 1. The van der Waals surface area contributed by atoms with Crippen molar-refractivity contribution in [3.63, 3.8) is 0 Å². The summed E-state index contributed by atoms with van der Waals surface area (Å²) < 4.78 is 0. The van der Waals surface area contributed by atoms with Crippen molar-refractivity contribution in [2.24, 2.45) is 0 Å². The lowest BCUT2D eigenvalue weighted by molar-refractivity contribution is 1.50. The largest absolute Gasteiger partial charge is 0.300 e. The standard InChI is InChI=1S/C9H7N/c10-9-6-5-7-3-1-2-4-8(7)9/h1-6,10H. The van der Waals surface area contributed by atoms with Gasteiger partial charge < -0.3 is 5.41 Å². The van der Waals surface area contributed by atoms with Crippen molar-refractivity contribution in [2.45, 2.75) is 0 Å². The maximum atomic E-state index is 7.44. The molecule has 0 unspecified atom stereocenters. The molecule has 1 aliphatic carbocycles. The van der Waals surface area contributed by atoms with Crippen molar-refractivity contribution >= 4 is 11.8 Å². The first-order valence-corrected chi connectivity index (χ1v) is 3.24. The predicted molar refractivity (Wildman–Crippen MR) is 42.3 cm³/mol. The van der Waals surface area contributed by atoms with Gasteiger partial charge in [-0.3, -0.25) is 0 Å². The Kier molecular flexibility index (Phi) is 0.978. The molecule has 1 heteroatoms. The molecule has 0 heterocycles. The molecule has 1 nitrogen and oxygen atoms in total. The molecule has 1 N–H and O–H groups in total. The molecule has 1 aromatic rings. The van der Waals surface area contributed by atoms with Gasteiger partial charge in [0.2, 0.25) is 0 Å². The van der Waals surface area contributed by atoms with E-state index < -0.39 is 0 Å². The summed E-state index contributed by atoms with van der Waals surface area (Å²) in [6, 6.07) is 7.94. The highest BCUT2D eigenvalue weighted by molar-refractivity contribution is 6.15. The molecule has 2 rings (SSSR count). The minimum Gasteiger partial charge on any atom is -0.300 e. The summed E-state index contributed by atoms with van der Waals surface area (Å²) >= 11 is 0. The quantitative estimate of drug-likeness (QED) is 0.554. The van der Waals surface area contributed by atoms with E-state index in [1.54, 1.807) is 0 Å². The molecule has 48 valence electrons. The van der Waals surface area contributed by atoms with E-state index in [-0.39, 0.29) is 0 Å². The average molecular weight is 129 g/mol. The molecule has 0 aliphatic heterocycles. The second-order valence-corrected chi connectivity index (χ2v) is 2.33. The van der Waals surface area contributed by atoms with E-state index in [1.807, 2.05) is 36.4 Å². The molecule has 0 aromatic heterocycles. The van der Waals surface area contributed by atoms with Gasteiger partial charge in [-0.05, 0) is 11.6 Å². The molecule has 1 aromatic carbocycles. The summed E-state index contributed by atoms with van der Waals surface area (Å²) in [6.45, 7) is 0. The third kappa shape index (κ3) is 0.605. The normalized spacial score (nSPS) is 13.8. The number of rotatable bonds is 0. The Morgan fingerprint density at radius 1 is 1.00 bits per heavy atom. The molecule has 0 saturated carbocycles.